The minimum absolute atomic E-state index is 0.0233. The Balaban J connectivity index is 1.48. The lowest BCUT2D eigenvalue weighted by molar-refractivity contribution is 0.0950. The molecule has 8 heteroatoms. The van der Waals surface area contributed by atoms with Gasteiger partial charge in [0.25, 0.3) is 5.91 Å². The number of pyridine rings is 2. The van der Waals surface area contributed by atoms with Crippen molar-refractivity contribution in [2.45, 2.75) is 19.9 Å². The van der Waals surface area contributed by atoms with Gasteiger partial charge in [-0.2, -0.15) is 0 Å². The lowest BCUT2D eigenvalue weighted by atomic mass is 10.0. The second-order valence-electron chi connectivity index (χ2n) is 7.85. The molecule has 4 rings (SSSR count). The average molecular weight is 479 g/mol. The summed E-state index contributed by atoms with van der Waals surface area (Å²) in [5.74, 6) is -1.15. The van der Waals surface area contributed by atoms with Gasteiger partial charge in [-0.1, -0.05) is 11.6 Å². The van der Waals surface area contributed by atoms with Crippen LogP contribution in [0.1, 0.15) is 38.3 Å². The molecule has 0 unspecified atom stereocenters. The molecule has 0 radical (unpaired) electrons. The molecule has 2 aromatic heterocycles. The van der Waals surface area contributed by atoms with Crippen LogP contribution in [0.5, 0.6) is 0 Å². The van der Waals surface area contributed by atoms with Crippen molar-refractivity contribution in [2.24, 2.45) is 5.73 Å². The Labute approximate surface area is 200 Å². The number of aryl methyl sites for hydroxylation is 1. The minimum atomic E-state index is -0.446. The molecule has 0 saturated carbocycles. The molecule has 0 saturated heterocycles. The van der Waals surface area contributed by atoms with Gasteiger partial charge >= 0.3 is 0 Å². The van der Waals surface area contributed by atoms with E-state index in [-0.39, 0.29) is 23.8 Å². The molecule has 1 amide bonds. The maximum absolute atomic E-state index is 14.4. The monoisotopic (exact) mass is 478 g/mol. The zero-order chi connectivity index (χ0) is 24.2. The Bertz CT molecular complexity index is 1420. The van der Waals surface area contributed by atoms with Crippen LogP contribution < -0.4 is 11.1 Å². The third kappa shape index (κ3) is 5.21. The number of aromatic nitrogens is 2. The molecule has 5 nitrogen and oxygen atoms in total. The molecular formula is C26H21ClF2N4O. The van der Waals surface area contributed by atoms with E-state index in [2.05, 4.69) is 15.3 Å². The van der Waals surface area contributed by atoms with Crippen LogP contribution >= 0.6 is 11.6 Å². The van der Waals surface area contributed by atoms with E-state index in [1.165, 1.54) is 30.6 Å². The van der Waals surface area contributed by atoms with E-state index in [4.69, 9.17) is 17.3 Å². The molecule has 0 aliphatic rings. The zero-order valence-corrected chi connectivity index (χ0v) is 19.0. The van der Waals surface area contributed by atoms with Crippen molar-refractivity contribution >= 4 is 33.4 Å². The first-order valence-electron chi connectivity index (χ1n) is 10.5. The van der Waals surface area contributed by atoms with E-state index in [1.807, 2.05) is 6.07 Å². The third-order valence-corrected chi connectivity index (χ3v) is 5.73. The number of hydrogen-bond acceptors (Lipinski definition) is 4. The largest absolute Gasteiger partial charge is 0.403 e. The zero-order valence-electron chi connectivity index (χ0n) is 18.3. The highest BCUT2D eigenvalue weighted by molar-refractivity contribution is 6.48. The molecule has 0 aliphatic carbocycles. The van der Waals surface area contributed by atoms with E-state index >= 15 is 0 Å². The lowest BCUT2D eigenvalue weighted by Crippen LogP contribution is -2.23. The van der Waals surface area contributed by atoms with Crippen LogP contribution in [-0.4, -0.2) is 15.9 Å². The predicted molar refractivity (Wildman–Crippen MR) is 129 cm³/mol. The number of rotatable bonds is 6. The van der Waals surface area contributed by atoms with E-state index in [0.29, 0.717) is 44.7 Å². The fraction of sp³-hybridized carbons (Fsp3) is 0.115. The maximum Gasteiger partial charge on any atom is 0.251 e. The summed E-state index contributed by atoms with van der Waals surface area (Å²) in [5, 5.41) is 3.72. The molecule has 0 bridgehead atoms. The SMILES string of the molecule is Cc1cc(F)c(CNC(=O)c2ccnc(Cc3cnc4ccc(F)cc4c3)c2)cc1/C(Cl)=C\N. The molecule has 0 fully saturated rings. The minimum Gasteiger partial charge on any atom is -0.403 e. The summed E-state index contributed by atoms with van der Waals surface area (Å²) in [5.41, 5.74) is 9.58. The summed E-state index contributed by atoms with van der Waals surface area (Å²) in [4.78, 5) is 21.4. The van der Waals surface area contributed by atoms with Crippen molar-refractivity contribution in [3.05, 3.63) is 112 Å². The fourth-order valence-electron chi connectivity index (χ4n) is 3.65. The standard InChI is InChI=1S/C26H21ClF2N4O/c1-15-6-24(29)19(11-22(15)23(27)12-30)14-33-26(34)17-4-5-31-21(10-17)8-16-7-18-9-20(28)2-3-25(18)32-13-16/h2-7,9-13H,8,14,30H2,1H3,(H,33,34)/b23-12+. The van der Waals surface area contributed by atoms with Crippen molar-refractivity contribution in [3.63, 3.8) is 0 Å². The molecule has 2 heterocycles. The first-order valence-corrected chi connectivity index (χ1v) is 10.9. The number of halogens is 3. The number of nitrogens with two attached hydrogens (primary N) is 1. The Morgan fingerprint density at radius 2 is 1.94 bits per heavy atom. The van der Waals surface area contributed by atoms with Gasteiger partial charge in [-0.25, -0.2) is 8.78 Å². The van der Waals surface area contributed by atoms with Gasteiger partial charge in [0.2, 0.25) is 0 Å². The normalized spacial score (nSPS) is 11.6. The quantitative estimate of drug-likeness (QED) is 0.397. The van der Waals surface area contributed by atoms with Gasteiger partial charge in [-0.3, -0.25) is 14.8 Å². The van der Waals surface area contributed by atoms with E-state index < -0.39 is 5.82 Å². The number of benzene rings is 2. The van der Waals surface area contributed by atoms with E-state index in [0.717, 1.165) is 5.56 Å². The molecule has 172 valence electrons. The Hall–Kier alpha value is -3.84. The van der Waals surface area contributed by atoms with Crippen LogP contribution in [0.4, 0.5) is 8.78 Å². The van der Waals surface area contributed by atoms with Crippen molar-refractivity contribution < 1.29 is 13.6 Å². The predicted octanol–water partition coefficient (Wildman–Crippen LogP) is 5.23. The second-order valence-corrected chi connectivity index (χ2v) is 8.26. The summed E-state index contributed by atoms with van der Waals surface area (Å²) in [6.07, 6.45) is 4.90. The molecule has 4 aromatic rings. The third-order valence-electron chi connectivity index (χ3n) is 5.40. The average Bonchev–Trinajstić information content (AvgIpc) is 2.82. The number of amides is 1. The summed E-state index contributed by atoms with van der Waals surface area (Å²) in [7, 11) is 0. The van der Waals surface area contributed by atoms with Crippen molar-refractivity contribution in [1.29, 1.82) is 0 Å². The smallest absolute Gasteiger partial charge is 0.251 e. The Morgan fingerprint density at radius 1 is 1.12 bits per heavy atom. The van der Waals surface area contributed by atoms with Gasteiger partial charge in [-0.05, 0) is 72.1 Å². The second kappa shape index (κ2) is 9.97. The van der Waals surface area contributed by atoms with Crippen LogP contribution in [0, 0.1) is 18.6 Å². The molecular weight excluding hydrogens is 458 g/mol. The van der Waals surface area contributed by atoms with Crippen molar-refractivity contribution in [2.75, 3.05) is 0 Å². The van der Waals surface area contributed by atoms with Crippen molar-refractivity contribution in [1.82, 2.24) is 15.3 Å². The van der Waals surface area contributed by atoms with Crippen LogP contribution in [0.3, 0.4) is 0 Å². The van der Waals surface area contributed by atoms with E-state index in [9.17, 15) is 13.6 Å². The Morgan fingerprint density at radius 3 is 2.74 bits per heavy atom. The highest BCUT2D eigenvalue weighted by atomic mass is 35.5. The van der Waals surface area contributed by atoms with Gasteiger partial charge in [0.05, 0.1) is 10.5 Å². The van der Waals surface area contributed by atoms with Gasteiger partial charge in [-0.15, -0.1) is 0 Å². The lowest BCUT2D eigenvalue weighted by Gasteiger charge is -2.11. The fourth-order valence-corrected chi connectivity index (χ4v) is 3.85. The molecule has 0 atom stereocenters. The molecule has 0 spiro atoms. The van der Waals surface area contributed by atoms with Crippen molar-refractivity contribution in [3.8, 4) is 0 Å². The highest BCUT2D eigenvalue weighted by Gasteiger charge is 2.13. The summed E-state index contributed by atoms with van der Waals surface area (Å²) < 4.78 is 27.9. The van der Waals surface area contributed by atoms with Gasteiger partial charge < -0.3 is 11.1 Å². The number of hydrogen-bond donors (Lipinski definition) is 2. The first-order chi connectivity index (χ1) is 16.3. The number of nitrogens with zero attached hydrogens (tertiary/aromatic N) is 2. The highest BCUT2D eigenvalue weighted by Crippen LogP contribution is 2.25. The summed E-state index contributed by atoms with van der Waals surface area (Å²) >= 11 is 6.10. The number of carbonyl (C=O) groups excluding carboxylic acids is 1. The van der Waals surface area contributed by atoms with Crippen LogP contribution in [0.15, 0.2) is 67.1 Å². The van der Waals surface area contributed by atoms with E-state index in [1.54, 1.807) is 37.4 Å². The molecule has 2 aromatic carbocycles. The van der Waals surface area contributed by atoms with Gasteiger partial charge in [0.15, 0.2) is 0 Å². The number of nitrogens with one attached hydrogen (secondary N) is 1. The molecule has 34 heavy (non-hydrogen) atoms. The first kappa shape index (κ1) is 23.3. The van der Waals surface area contributed by atoms with Crippen LogP contribution in [0.25, 0.3) is 15.9 Å². The summed E-state index contributed by atoms with van der Waals surface area (Å²) in [6, 6.07) is 12.4. The Kier molecular flexibility index (Phi) is 6.84. The maximum atomic E-state index is 14.4. The van der Waals surface area contributed by atoms with Gasteiger partial charge in [0, 0.05) is 53.8 Å². The topological polar surface area (TPSA) is 80.9 Å². The van der Waals surface area contributed by atoms with Gasteiger partial charge in [0.1, 0.15) is 11.6 Å². The molecule has 0 aliphatic heterocycles. The number of fused-ring (bicyclic) bond motifs is 1. The van der Waals surface area contributed by atoms with Crippen LogP contribution in [0.2, 0.25) is 0 Å². The molecule has 3 N–H and O–H groups in total. The summed E-state index contributed by atoms with van der Waals surface area (Å²) in [6.45, 7) is 1.71. The number of carbonyl (C=O) groups is 1. The van der Waals surface area contributed by atoms with Crippen LogP contribution in [-0.2, 0) is 13.0 Å².